The molecule has 0 aliphatic carbocycles. The first-order valence-electron chi connectivity index (χ1n) is 11.1. The summed E-state index contributed by atoms with van der Waals surface area (Å²) in [5.74, 6) is -2.01. The fourth-order valence-electron chi connectivity index (χ4n) is 4.44. The summed E-state index contributed by atoms with van der Waals surface area (Å²) < 4.78 is 62.3. The number of benzene rings is 2. The van der Waals surface area contributed by atoms with Crippen LogP contribution >= 0.6 is 11.6 Å². The number of hydrogen-bond donors (Lipinski definition) is 2. The van der Waals surface area contributed by atoms with Crippen LogP contribution in [0, 0.1) is 11.6 Å². The Kier molecular flexibility index (Phi) is 7.04. The molecule has 1 fully saturated rings. The van der Waals surface area contributed by atoms with Crippen LogP contribution in [0.15, 0.2) is 24.3 Å². The van der Waals surface area contributed by atoms with E-state index < -0.39 is 45.8 Å². The molecular weight excluding hydrogens is 532 g/mol. The molecule has 1 amide bonds. The Bertz CT molecular complexity index is 1510. The molecule has 2 atom stereocenters. The van der Waals surface area contributed by atoms with Gasteiger partial charge in [0.15, 0.2) is 5.82 Å². The van der Waals surface area contributed by atoms with Crippen molar-refractivity contribution in [3.63, 3.8) is 0 Å². The van der Waals surface area contributed by atoms with Crippen molar-refractivity contribution in [2.75, 3.05) is 36.1 Å². The van der Waals surface area contributed by atoms with Gasteiger partial charge in [-0.3, -0.25) is 4.72 Å². The zero-order valence-corrected chi connectivity index (χ0v) is 21.9. The number of methoxy groups -OCH3 is 1. The molecule has 0 unspecified atom stereocenters. The molecule has 2 heterocycles. The molecule has 2 N–H and O–H groups in total. The minimum Gasteiger partial charge on any atom is -0.496 e. The molecule has 3 aromatic rings. The maximum atomic E-state index is 16.1. The summed E-state index contributed by atoms with van der Waals surface area (Å²) in [4.78, 5) is 23.0. The zero-order valence-electron chi connectivity index (χ0n) is 20.3. The van der Waals surface area contributed by atoms with Crippen LogP contribution in [0.1, 0.15) is 13.8 Å². The fraction of sp³-hybridized carbons (Fsp3) is 0.348. The predicted octanol–water partition coefficient (Wildman–Crippen LogP) is 4.19. The smallest absolute Gasteiger partial charge is 0.407 e. The van der Waals surface area contributed by atoms with Crippen molar-refractivity contribution in [3.05, 3.63) is 40.9 Å². The van der Waals surface area contributed by atoms with Gasteiger partial charge in [0, 0.05) is 36.1 Å². The summed E-state index contributed by atoms with van der Waals surface area (Å²) >= 11 is 6.50. The Labute approximate surface area is 216 Å². The Morgan fingerprint density at radius 1 is 1.19 bits per heavy atom. The molecule has 4 rings (SSSR count). The third-order valence-electron chi connectivity index (χ3n) is 6.09. The van der Waals surface area contributed by atoms with E-state index in [1.165, 1.54) is 30.2 Å². The van der Waals surface area contributed by atoms with Crippen molar-refractivity contribution in [2.45, 2.75) is 25.9 Å². The molecule has 1 saturated heterocycles. The van der Waals surface area contributed by atoms with Gasteiger partial charge >= 0.3 is 6.09 Å². The second-order valence-electron chi connectivity index (χ2n) is 8.79. The maximum absolute atomic E-state index is 16.1. The average molecular weight is 556 g/mol. The Morgan fingerprint density at radius 3 is 2.51 bits per heavy atom. The number of aromatic nitrogens is 2. The lowest BCUT2D eigenvalue weighted by atomic mass is 10.00. The standard InChI is InChI=1S/C23H24ClF2N5O5S/c1-11-10-31(23(32)33)12(2)9-30(11)21-13-8-14(24)17(18-15(25)6-5-7-16(18)36-3)19(26)20(13)27-22(28-21)29-37(4,34)35/h5-8,11-12H,9-10H2,1-4H3,(H,32,33)(H,27,28,29)/t11-,12+/m0/s1. The van der Waals surface area contributed by atoms with Crippen molar-refractivity contribution in [2.24, 2.45) is 0 Å². The number of piperazine rings is 1. The highest BCUT2D eigenvalue weighted by molar-refractivity contribution is 7.92. The molecule has 10 nitrogen and oxygen atoms in total. The van der Waals surface area contributed by atoms with Crippen LogP contribution in [0.5, 0.6) is 5.75 Å². The van der Waals surface area contributed by atoms with E-state index >= 15 is 4.39 Å². The van der Waals surface area contributed by atoms with Crippen LogP contribution in [-0.2, 0) is 10.0 Å². The number of amides is 1. The molecule has 2 aromatic carbocycles. The number of nitrogens with one attached hydrogen (secondary N) is 1. The molecule has 0 bridgehead atoms. The lowest BCUT2D eigenvalue weighted by Crippen LogP contribution is -2.58. The number of ether oxygens (including phenoxy) is 1. The molecule has 0 radical (unpaired) electrons. The fourth-order valence-corrected chi connectivity index (χ4v) is 5.15. The highest BCUT2D eigenvalue weighted by Gasteiger charge is 2.34. The van der Waals surface area contributed by atoms with E-state index in [1.807, 2.05) is 0 Å². The van der Waals surface area contributed by atoms with Crippen LogP contribution in [0.4, 0.5) is 25.3 Å². The topological polar surface area (TPSA) is 125 Å². The number of rotatable bonds is 5. The molecule has 0 saturated carbocycles. The number of nitrogens with zero attached hydrogens (tertiary/aromatic N) is 4. The van der Waals surface area contributed by atoms with E-state index in [-0.39, 0.29) is 51.7 Å². The second kappa shape index (κ2) is 9.78. The number of carboxylic acid groups (broad SMARTS) is 1. The molecular formula is C23H24ClF2N5O5S. The quantitative estimate of drug-likeness (QED) is 0.480. The number of halogens is 3. The predicted molar refractivity (Wildman–Crippen MR) is 136 cm³/mol. The third kappa shape index (κ3) is 5.05. The molecule has 198 valence electrons. The van der Waals surface area contributed by atoms with Gasteiger partial charge in [0.1, 0.15) is 22.9 Å². The van der Waals surface area contributed by atoms with Crippen LogP contribution in [0.25, 0.3) is 22.0 Å². The third-order valence-corrected chi connectivity index (χ3v) is 6.94. The van der Waals surface area contributed by atoms with Crippen molar-refractivity contribution in [1.29, 1.82) is 0 Å². The molecule has 1 aliphatic rings. The summed E-state index contributed by atoms with van der Waals surface area (Å²) in [5.41, 5.74) is -0.832. The van der Waals surface area contributed by atoms with Gasteiger partial charge in [0.05, 0.1) is 24.0 Å². The van der Waals surface area contributed by atoms with E-state index in [0.717, 1.165) is 12.3 Å². The van der Waals surface area contributed by atoms with E-state index in [0.29, 0.717) is 0 Å². The van der Waals surface area contributed by atoms with E-state index in [4.69, 9.17) is 16.3 Å². The normalized spacial score (nSPS) is 18.2. The number of fused-ring (bicyclic) bond motifs is 1. The van der Waals surface area contributed by atoms with E-state index in [1.54, 1.807) is 18.7 Å². The summed E-state index contributed by atoms with van der Waals surface area (Å²) in [6.07, 6.45) is -0.187. The highest BCUT2D eigenvalue weighted by Crippen LogP contribution is 2.43. The largest absolute Gasteiger partial charge is 0.496 e. The monoisotopic (exact) mass is 555 g/mol. The SMILES string of the molecule is COc1cccc(F)c1-c1c(Cl)cc2c(N3C[C@@H](C)N(C(=O)O)C[C@@H]3C)nc(NS(C)(=O)=O)nc2c1F. The minimum atomic E-state index is -3.85. The summed E-state index contributed by atoms with van der Waals surface area (Å²) in [7, 11) is -2.54. The van der Waals surface area contributed by atoms with Gasteiger partial charge in [0.2, 0.25) is 16.0 Å². The molecule has 1 aromatic heterocycles. The molecule has 37 heavy (non-hydrogen) atoms. The Balaban J connectivity index is 2.00. The van der Waals surface area contributed by atoms with Crippen LogP contribution in [0.2, 0.25) is 5.02 Å². The van der Waals surface area contributed by atoms with Crippen LogP contribution in [-0.4, -0.2) is 73.0 Å². The maximum Gasteiger partial charge on any atom is 0.407 e. The van der Waals surface area contributed by atoms with Crippen molar-refractivity contribution < 1.29 is 31.8 Å². The lowest BCUT2D eigenvalue weighted by Gasteiger charge is -2.43. The summed E-state index contributed by atoms with van der Waals surface area (Å²) in [6, 6.07) is 4.49. The van der Waals surface area contributed by atoms with Crippen LogP contribution in [0.3, 0.4) is 0 Å². The number of sulfonamides is 1. The van der Waals surface area contributed by atoms with Gasteiger partial charge in [-0.1, -0.05) is 17.7 Å². The van der Waals surface area contributed by atoms with Crippen molar-refractivity contribution >= 4 is 50.4 Å². The Hall–Kier alpha value is -3.45. The van der Waals surface area contributed by atoms with Gasteiger partial charge in [-0.2, -0.15) is 4.98 Å². The number of anilines is 2. The molecule has 14 heteroatoms. The molecule has 1 aliphatic heterocycles. The number of carbonyl (C=O) groups is 1. The Morgan fingerprint density at radius 2 is 1.89 bits per heavy atom. The summed E-state index contributed by atoms with van der Waals surface area (Å²) in [5, 5.41) is 9.50. The first-order chi connectivity index (χ1) is 17.3. The molecule has 0 spiro atoms. The number of hydrogen-bond acceptors (Lipinski definition) is 7. The summed E-state index contributed by atoms with van der Waals surface area (Å²) in [6.45, 7) is 3.77. The van der Waals surface area contributed by atoms with Gasteiger partial charge in [-0.25, -0.2) is 27.0 Å². The van der Waals surface area contributed by atoms with Gasteiger partial charge < -0.3 is 19.6 Å². The van der Waals surface area contributed by atoms with Gasteiger partial charge in [-0.15, -0.1) is 0 Å². The minimum absolute atomic E-state index is 0.0381. The second-order valence-corrected chi connectivity index (χ2v) is 10.9. The zero-order chi connectivity index (χ0) is 27.2. The van der Waals surface area contributed by atoms with Gasteiger partial charge in [0.25, 0.3) is 0 Å². The first-order valence-corrected chi connectivity index (χ1v) is 13.4. The lowest BCUT2D eigenvalue weighted by molar-refractivity contribution is 0.114. The van der Waals surface area contributed by atoms with E-state index in [9.17, 15) is 22.7 Å². The first kappa shape index (κ1) is 26.6. The van der Waals surface area contributed by atoms with Gasteiger partial charge in [-0.05, 0) is 32.0 Å². The van der Waals surface area contributed by atoms with E-state index in [2.05, 4.69) is 14.7 Å². The van der Waals surface area contributed by atoms with Crippen molar-refractivity contribution in [1.82, 2.24) is 14.9 Å². The highest BCUT2D eigenvalue weighted by atomic mass is 35.5. The van der Waals surface area contributed by atoms with Crippen molar-refractivity contribution in [3.8, 4) is 16.9 Å². The van der Waals surface area contributed by atoms with Crippen LogP contribution < -0.4 is 14.4 Å². The average Bonchev–Trinajstić information content (AvgIpc) is 2.80.